The van der Waals surface area contributed by atoms with Gasteiger partial charge in [0, 0.05) is 23.4 Å². The molecule has 0 spiro atoms. The molecule has 2 aromatic rings. The summed E-state index contributed by atoms with van der Waals surface area (Å²) in [7, 11) is 0. The zero-order valence-corrected chi connectivity index (χ0v) is 13.4. The Bertz CT molecular complexity index is 605. The molecule has 1 aliphatic carbocycles. The van der Waals surface area contributed by atoms with Crippen molar-refractivity contribution in [3.63, 3.8) is 0 Å². The van der Waals surface area contributed by atoms with Crippen molar-refractivity contribution >= 4 is 33.1 Å². The van der Waals surface area contributed by atoms with E-state index in [0.29, 0.717) is 5.92 Å². The number of hydrogen-bond donors (Lipinski definition) is 1. The normalized spacial score (nSPS) is 14.7. The zero-order valence-electron chi connectivity index (χ0n) is 11.0. The molecule has 1 aliphatic rings. The summed E-state index contributed by atoms with van der Waals surface area (Å²) in [4.78, 5) is 9.46. The Kier molecular flexibility index (Phi) is 3.58. The molecule has 1 saturated carbocycles. The lowest BCUT2D eigenvalue weighted by molar-refractivity contribution is 0.973. The Morgan fingerprint density at radius 2 is 2.16 bits per heavy atom. The molecular weight excluding hydrogens is 322 g/mol. The van der Waals surface area contributed by atoms with Gasteiger partial charge in [-0.3, -0.25) is 0 Å². The molecule has 2 aromatic heterocycles. The Hall–Kier alpha value is -0.940. The summed E-state index contributed by atoms with van der Waals surface area (Å²) in [6, 6.07) is 0. The summed E-state index contributed by atoms with van der Waals surface area (Å²) in [6.45, 7) is 5.06. The van der Waals surface area contributed by atoms with E-state index in [1.165, 1.54) is 18.4 Å². The number of hydrogen-bond acceptors (Lipinski definition) is 4. The van der Waals surface area contributed by atoms with Gasteiger partial charge in [-0.15, -0.1) is 0 Å². The van der Waals surface area contributed by atoms with Crippen LogP contribution in [-0.2, 0) is 0 Å². The first-order valence-corrected chi connectivity index (χ1v) is 8.28. The smallest absolute Gasteiger partial charge is 0.162 e. The van der Waals surface area contributed by atoms with E-state index in [-0.39, 0.29) is 0 Å². The predicted octanol–water partition coefficient (Wildman–Crippen LogP) is 4.59. The van der Waals surface area contributed by atoms with Crippen LogP contribution in [0.3, 0.4) is 0 Å². The number of rotatable bonds is 4. The third-order valence-corrected chi connectivity index (χ3v) is 4.92. The van der Waals surface area contributed by atoms with E-state index in [2.05, 4.69) is 50.8 Å². The van der Waals surface area contributed by atoms with Crippen LogP contribution in [0, 0.1) is 6.92 Å². The molecule has 1 N–H and O–H groups in total. The molecule has 100 valence electrons. The minimum Gasteiger partial charge on any atom is -0.369 e. The van der Waals surface area contributed by atoms with Crippen LogP contribution in [0.2, 0.25) is 0 Å². The van der Waals surface area contributed by atoms with Gasteiger partial charge in [-0.25, -0.2) is 9.97 Å². The molecule has 0 amide bonds. The van der Waals surface area contributed by atoms with Gasteiger partial charge < -0.3 is 5.32 Å². The highest BCUT2D eigenvalue weighted by Crippen LogP contribution is 2.44. The topological polar surface area (TPSA) is 37.8 Å². The molecule has 0 atom stereocenters. The fraction of sp³-hybridized carbons (Fsp3) is 0.429. The van der Waals surface area contributed by atoms with Crippen molar-refractivity contribution in [2.75, 3.05) is 11.9 Å². The van der Waals surface area contributed by atoms with Gasteiger partial charge in [0.25, 0.3) is 0 Å². The first-order valence-electron chi connectivity index (χ1n) is 6.55. The van der Waals surface area contributed by atoms with Crippen molar-refractivity contribution in [2.45, 2.75) is 32.6 Å². The first kappa shape index (κ1) is 13.1. The van der Waals surface area contributed by atoms with Crippen LogP contribution in [-0.4, -0.2) is 16.5 Å². The van der Waals surface area contributed by atoms with E-state index in [1.807, 2.05) is 0 Å². The van der Waals surface area contributed by atoms with Gasteiger partial charge in [0.2, 0.25) is 0 Å². The summed E-state index contributed by atoms with van der Waals surface area (Å²) < 4.78 is 1.04. The Labute approximate surface area is 125 Å². The van der Waals surface area contributed by atoms with Crippen LogP contribution in [0.5, 0.6) is 0 Å². The van der Waals surface area contributed by atoms with Crippen molar-refractivity contribution in [3.8, 4) is 11.4 Å². The lowest BCUT2D eigenvalue weighted by atomic mass is 10.2. The highest BCUT2D eigenvalue weighted by molar-refractivity contribution is 9.10. The third-order valence-electron chi connectivity index (χ3n) is 3.28. The molecule has 0 aromatic carbocycles. The van der Waals surface area contributed by atoms with Crippen molar-refractivity contribution in [1.82, 2.24) is 9.97 Å². The molecule has 3 nitrogen and oxygen atoms in total. The van der Waals surface area contributed by atoms with Crippen molar-refractivity contribution < 1.29 is 0 Å². The van der Waals surface area contributed by atoms with E-state index < -0.39 is 0 Å². The molecule has 0 saturated heterocycles. The monoisotopic (exact) mass is 337 g/mol. The molecule has 2 heterocycles. The molecule has 0 unspecified atom stereocenters. The zero-order chi connectivity index (χ0) is 13.4. The predicted molar refractivity (Wildman–Crippen MR) is 83.9 cm³/mol. The van der Waals surface area contributed by atoms with Gasteiger partial charge in [-0.2, -0.15) is 11.3 Å². The number of nitrogens with one attached hydrogen (secondary N) is 1. The van der Waals surface area contributed by atoms with Crippen LogP contribution < -0.4 is 5.32 Å². The highest BCUT2D eigenvalue weighted by Gasteiger charge is 2.29. The first-order chi connectivity index (χ1) is 9.20. The van der Waals surface area contributed by atoms with Gasteiger partial charge in [0.15, 0.2) is 5.82 Å². The quantitative estimate of drug-likeness (QED) is 0.886. The number of anilines is 1. The summed E-state index contributed by atoms with van der Waals surface area (Å²) in [5.74, 6) is 2.37. The largest absolute Gasteiger partial charge is 0.369 e. The van der Waals surface area contributed by atoms with Crippen LogP contribution in [0.15, 0.2) is 15.2 Å². The second-order valence-corrected chi connectivity index (χ2v) is 6.40. The van der Waals surface area contributed by atoms with E-state index in [1.54, 1.807) is 11.3 Å². The summed E-state index contributed by atoms with van der Waals surface area (Å²) in [5, 5.41) is 7.60. The van der Waals surface area contributed by atoms with Crippen LogP contribution >= 0.6 is 27.3 Å². The number of aryl methyl sites for hydroxylation is 1. The summed E-state index contributed by atoms with van der Waals surface area (Å²) >= 11 is 5.36. The Morgan fingerprint density at radius 3 is 2.74 bits per heavy atom. The number of nitrogens with zero attached hydrogens (tertiary/aromatic N) is 2. The highest BCUT2D eigenvalue weighted by atomic mass is 79.9. The lowest BCUT2D eigenvalue weighted by Crippen LogP contribution is -2.05. The molecule has 5 heteroatoms. The van der Waals surface area contributed by atoms with Crippen LogP contribution in [0.4, 0.5) is 5.82 Å². The van der Waals surface area contributed by atoms with Crippen molar-refractivity contribution in [3.05, 3.63) is 26.5 Å². The Morgan fingerprint density at radius 1 is 1.37 bits per heavy atom. The summed E-state index contributed by atoms with van der Waals surface area (Å²) in [5.41, 5.74) is 3.56. The van der Waals surface area contributed by atoms with Crippen molar-refractivity contribution in [1.29, 1.82) is 0 Å². The van der Waals surface area contributed by atoms with Gasteiger partial charge in [-0.05, 0) is 53.6 Å². The van der Waals surface area contributed by atoms with Gasteiger partial charge in [-0.1, -0.05) is 0 Å². The number of thiophene rings is 1. The van der Waals surface area contributed by atoms with E-state index >= 15 is 0 Å². The maximum absolute atomic E-state index is 4.79. The number of aromatic nitrogens is 2. The second kappa shape index (κ2) is 5.21. The molecule has 0 bridgehead atoms. The van der Waals surface area contributed by atoms with Crippen molar-refractivity contribution in [2.24, 2.45) is 0 Å². The SMILES string of the molecule is CCNc1nc(-c2cscc2C)nc(C2CC2)c1Br. The Balaban J connectivity index is 2.12. The lowest BCUT2D eigenvalue weighted by Gasteiger charge is -2.11. The second-order valence-electron chi connectivity index (χ2n) is 4.87. The van der Waals surface area contributed by atoms with Gasteiger partial charge in [0.05, 0.1) is 10.2 Å². The molecule has 3 rings (SSSR count). The minimum absolute atomic E-state index is 0.604. The van der Waals surface area contributed by atoms with E-state index in [9.17, 15) is 0 Å². The van der Waals surface area contributed by atoms with Crippen LogP contribution in [0.1, 0.15) is 36.9 Å². The molecule has 19 heavy (non-hydrogen) atoms. The molecule has 0 radical (unpaired) electrons. The van der Waals surface area contributed by atoms with E-state index in [0.717, 1.165) is 33.9 Å². The average Bonchev–Trinajstić information content (AvgIpc) is 3.14. The maximum Gasteiger partial charge on any atom is 0.162 e. The van der Waals surface area contributed by atoms with Gasteiger partial charge in [0.1, 0.15) is 5.82 Å². The minimum atomic E-state index is 0.604. The number of halogens is 1. The summed E-state index contributed by atoms with van der Waals surface area (Å²) in [6.07, 6.45) is 2.48. The molecule has 1 fully saturated rings. The standard InChI is InChI=1S/C14H16BrN3S/c1-3-16-14-11(15)12(9-4-5-9)17-13(18-14)10-7-19-6-8(10)2/h6-7,9H,3-5H2,1-2H3,(H,16,17,18). The molecule has 0 aliphatic heterocycles. The maximum atomic E-state index is 4.79. The van der Waals surface area contributed by atoms with E-state index in [4.69, 9.17) is 4.98 Å². The van der Waals surface area contributed by atoms with Gasteiger partial charge >= 0.3 is 0 Å². The van der Waals surface area contributed by atoms with Crippen LogP contribution in [0.25, 0.3) is 11.4 Å². The fourth-order valence-corrected chi connectivity index (χ4v) is 3.55. The third kappa shape index (κ3) is 2.54. The molecular formula is C14H16BrN3S. The fourth-order valence-electron chi connectivity index (χ4n) is 2.09. The average molecular weight is 338 g/mol.